The number of nitrogens with zero attached hydrogens (tertiary/aromatic N) is 2. The number of hydrogen-bond acceptors (Lipinski definition) is 7. The number of imide groups is 2. The molecule has 1 aliphatic heterocycles. The maximum atomic E-state index is 13.2. The van der Waals surface area contributed by atoms with Crippen molar-refractivity contribution >= 4 is 62.8 Å². The lowest BCUT2D eigenvalue weighted by atomic mass is 10.1. The van der Waals surface area contributed by atoms with E-state index in [1.165, 1.54) is 18.2 Å². The fourth-order valence-corrected chi connectivity index (χ4v) is 4.39. The average molecular weight is 601 g/mol. The van der Waals surface area contributed by atoms with E-state index in [1.54, 1.807) is 25.1 Å². The molecule has 0 spiro atoms. The monoisotopic (exact) mass is 599 g/mol. The third-order valence-electron chi connectivity index (χ3n) is 5.39. The zero-order valence-electron chi connectivity index (χ0n) is 19.8. The number of rotatable bonds is 8. The van der Waals surface area contributed by atoms with Gasteiger partial charge in [-0.3, -0.25) is 25.0 Å². The van der Waals surface area contributed by atoms with Gasteiger partial charge >= 0.3 is 6.03 Å². The second-order valence-corrected chi connectivity index (χ2v) is 9.14. The maximum absolute atomic E-state index is 13.2. The first kappa shape index (κ1) is 26.8. The minimum atomic E-state index is -0.967. The minimum Gasteiger partial charge on any atom is -0.490 e. The molecule has 0 aromatic heterocycles. The van der Waals surface area contributed by atoms with E-state index in [-0.39, 0.29) is 23.6 Å². The van der Waals surface area contributed by atoms with Crippen molar-refractivity contribution in [1.82, 2.24) is 5.32 Å². The number of anilines is 1. The quantitative estimate of drug-likeness (QED) is 0.153. The van der Waals surface area contributed by atoms with Gasteiger partial charge in [-0.25, -0.2) is 9.69 Å². The molecule has 194 valence electrons. The molecule has 4 rings (SSSR count). The zero-order chi connectivity index (χ0) is 27.4. The largest absolute Gasteiger partial charge is 0.490 e. The van der Waals surface area contributed by atoms with E-state index in [9.17, 15) is 24.5 Å². The molecule has 12 heteroatoms. The highest BCUT2D eigenvalue weighted by atomic mass is 79.9. The Labute approximate surface area is 230 Å². The van der Waals surface area contributed by atoms with Crippen LogP contribution in [0.1, 0.15) is 18.1 Å². The fraction of sp³-hybridized carbons (Fsp3) is 0.115. The predicted molar refractivity (Wildman–Crippen MR) is 143 cm³/mol. The van der Waals surface area contributed by atoms with Crippen LogP contribution in [0.3, 0.4) is 0 Å². The van der Waals surface area contributed by atoms with Crippen LogP contribution in [0.4, 0.5) is 16.2 Å². The highest BCUT2D eigenvalue weighted by Gasteiger charge is 2.37. The summed E-state index contributed by atoms with van der Waals surface area (Å²) >= 11 is 9.68. The molecular formula is C26H19BrClN3O7. The molecule has 1 N–H and O–H groups in total. The first-order valence-electron chi connectivity index (χ1n) is 11.2. The predicted octanol–water partition coefficient (Wildman–Crippen LogP) is 5.65. The summed E-state index contributed by atoms with van der Waals surface area (Å²) in [5.41, 5.74) is 0.728. The van der Waals surface area contributed by atoms with Gasteiger partial charge in [-0.15, -0.1) is 0 Å². The van der Waals surface area contributed by atoms with Crippen molar-refractivity contribution in [3.63, 3.8) is 0 Å². The Morgan fingerprint density at radius 2 is 1.79 bits per heavy atom. The SMILES string of the molecule is CCOc1cc(/C=C2\C(=O)NC(=O)N(c3ccc([N+](=O)[O-])cc3)C2=O)cc(Br)c1OCc1ccccc1Cl. The molecule has 0 unspecified atom stereocenters. The highest BCUT2D eigenvalue weighted by Crippen LogP contribution is 2.38. The molecule has 0 radical (unpaired) electrons. The summed E-state index contributed by atoms with van der Waals surface area (Å²) in [6, 6.07) is 14.3. The van der Waals surface area contributed by atoms with Gasteiger partial charge in [-0.2, -0.15) is 0 Å². The van der Waals surface area contributed by atoms with Gasteiger partial charge in [0.05, 0.1) is 21.7 Å². The van der Waals surface area contributed by atoms with Crippen LogP contribution in [0.2, 0.25) is 5.02 Å². The van der Waals surface area contributed by atoms with Crippen LogP contribution in [-0.2, 0) is 16.2 Å². The standard InChI is InChI=1S/C26H19BrClN3O7/c1-2-37-22-13-15(12-20(27)23(22)38-14-16-5-3-4-6-21(16)28)11-19-24(32)29-26(34)30(25(19)33)17-7-9-18(10-8-17)31(35)36/h3-13H,2,14H2,1H3,(H,29,32,34)/b19-11+. The van der Waals surface area contributed by atoms with Crippen LogP contribution in [0.25, 0.3) is 6.08 Å². The van der Waals surface area contributed by atoms with E-state index < -0.39 is 22.8 Å². The van der Waals surface area contributed by atoms with Gasteiger partial charge in [-0.05, 0) is 64.8 Å². The molecule has 3 aromatic rings. The smallest absolute Gasteiger partial charge is 0.335 e. The molecule has 0 atom stereocenters. The van der Waals surface area contributed by atoms with Crippen LogP contribution < -0.4 is 19.7 Å². The summed E-state index contributed by atoms with van der Waals surface area (Å²) in [5.74, 6) is -1.02. The molecule has 0 aliphatic carbocycles. The minimum absolute atomic E-state index is 0.0657. The lowest BCUT2D eigenvalue weighted by Crippen LogP contribution is -2.54. The Bertz CT molecular complexity index is 1470. The number of carbonyl (C=O) groups excluding carboxylic acids is 3. The number of amides is 4. The molecule has 4 amide bonds. The van der Waals surface area contributed by atoms with E-state index in [1.807, 2.05) is 18.2 Å². The molecule has 1 heterocycles. The summed E-state index contributed by atoms with van der Waals surface area (Å²) in [7, 11) is 0. The van der Waals surface area contributed by atoms with Crippen molar-refractivity contribution < 1.29 is 28.8 Å². The number of urea groups is 1. The van der Waals surface area contributed by atoms with E-state index in [0.717, 1.165) is 22.6 Å². The van der Waals surface area contributed by atoms with Crippen LogP contribution in [0, 0.1) is 10.1 Å². The Morgan fingerprint density at radius 1 is 1.08 bits per heavy atom. The van der Waals surface area contributed by atoms with Gasteiger partial charge in [0, 0.05) is 22.7 Å². The Balaban J connectivity index is 1.66. The van der Waals surface area contributed by atoms with E-state index in [4.69, 9.17) is 21.1 Å². The fourth-order valence-electron chi connectivity index (χ4n) is 3.62. The average Bonchev–Trinajstić information content (AvgIpc) is 2.87. The maximum Gasteiger partial charge on any atom is 0.335 e. The third kappa shape index (κ3) is 5.68. The molecular weight excluding hydrogens is 582 g/mol. The molecule has 3 aromatic carbocycles. The number of non-ortho nitro benzene ring substituents is 1. The molecule has 1 saturated heterocycles. The first-order valence-corrected chi connectivity index (χ1v) is 12.3. The Morgan fingerprint density at radius 3 is 2.45 bits per heavy atom. The Hall–Kier alpha value is -4.22. The van der Waals surface area contributed by atoms with Crippen LogP contribution in [-0.4, -0.2) is 29.4 Å². The van der Waals surface area contributed by atoms with Crippen molar-refractivity contribution in [2.75, 3.05) is 11.5 Å². The second-order valence-electron chi connectivity index (χ2n) is 7.87. The second kappa shape index (κ2) is 11.4. The number of ether oxygens (including phenoxy) is 2. The summed E-state index contributed by atoms with van der Waals surface area (Å²) in [6.45, 7) is 2.28. The summed E-state index contributed by atoms with van der Waals surface area (Å²) in [6.07, 6.45) is 1.31. The highest BCUT2D eigenvalue weighted by molar-refractivity contribution is 9.10. The number of benzene rings is 3. The summed E-state index contributed by atoms with van der Waals surface area (Å²) in [5, 5.41) is 13.6. The van der Waals surface area contributed by atoms with Gasteiger partial charge in [0.15, 0.2) is 11.5 Å². The van der Waals surface area contributed by atoms with Gasteiger partial charge in [0.1, 0.15) is 12.2 Å². The molecule has 38 heavy (non-hydrogen) atoms. The normalized spacial score (nSPS) is 14.4. The van der Waals surface area contributed by atoms with Gasteiger partial charge < -0.3 is 9.47 Å². The van der Waals surface area contributed by atoms with Crippen molar-refractivity contribution in [1.29, 1.82) is 0 Å². The molecule has 10 nitrogen and oxygen atoms in total. The summed E-state index contributed by atoms with van der Waals surface area (Å²) < 4.78 is 12.2. The van der Waals surface area contributed by atoms with Crippen molar-refractivity contribution in [3.05, 3.63) is 97.0 Å². The molecule has 0 bridgehead atoms. The van der Waals surface area contributed by atoms with Crippen LogP contribution in [0.5, 0.6) is 11.5 Å². The number of carbonyl (C=O) groups is 3. The number of barbiturate groups is 1. The Kier molecular flexibility index (Phi) is 8.08. The van der Waals surface area contributed by atoms with E-state index in [2.05, 4.69) is 21.2 Å². The number of nitrogens with one attached hydrogen (secondary N) is 1. The third-order valence-corrected chi connectivity index (χ3v) is 6.35. The van der Waals surface area contributed by atoms with E-state index in [0.29, 0.717) is 33.2 Å². The van der Waals surface area contributed by atoms with Gasteiger partial charge in [0.25, 0.3) is 17.5 Å². The first-order chi connectivity index (χ1) is 18.2. The summed E-state index contributed by atoms with van der Waals surface area (Å²) in [4.78, 5) is 49.3. The molecule has 1 fully saturated rings. The van der Waals surface area contributed by atoms with Crippen LogP contribution in [0.15, 0.2) is 70.7 Å². The lowest BCUT2D eigenvalue weighted by molar-refractivity contribution is -0.384. The van der Waals surface area contributed by atoms with Gasteiger partial charge in [-0.1, -0.05) is 29.8 Å². The number of hydrogen-bond donors (Lipinski definition) is 1. The number of halogens is 2. The van der Waals surface area contributed by atoms with Crippen LogP contribution >= 0.6 is 27.5 Å². The van der Waals surface area contributed by atoms with Crippen molar-refractivity contribution in [2.45, 2.75) is 13.5 Å². The number of nitro benzene ring substituents is 1. The van der Waals surface area contributed by atoms with E-state index >= 15 is 0 Å². The van der Waals surface area contributed by atoms with Crippen molar-refractivity contribution in [3.8, 4) is 11.5 Å². The lowest BCUT2D eigenvalue weighted by Gasteiger charge is -2.26. The van der Waals surface area contributed by atoms with Crippen molar-refractivity contribution in [2.24, 2.45) is 0 Å². The zero-order valence-corrected chi connectivity index (χ0v) is 22.1. The number of nitro groups is 1. The molecule has 1 aliphatic rings. The molecule has 0 saturated carbocycles. The van der Waals surface area contributed by atoms with Gasteiger partial charge in [0.2, 0.25) is 0 Å². The topological polar surface area (TPSA) is 128 Å².